The minimum Gasteiger partial charge on any atom is -0.394 e. The van der Waals surface area contributed by atoms with Crippen LogP contribution in [0.5, 0.6) is 0 Å². The van der Waals surface area contributed by atoms with Crippen molar-refractivity contribution in [3.05, 3.63) is 23.4 Å². The monoisotopic (exact) mass is 443 g/mol. The van der Waals surface area contributed by atoms with E-state index in [-0.39, 0.29) is 31.1 Å². The molecule has 11 nitrogen and oxygen atoms in total. The van der Waals surface area contributed by atoms with Crippen molar-refractivity contribution >= 4 is 11.8 Å². The van der Waals surface area contributed by atoms with Gasteiger partial charge in [-0.3, -0.25) is 9.59 Å². The maximum Gasteiger partial charge on any atom is 0.247 e. The van der Waals surface area contributed by atoms with E-state index in [2.05, 4.69) is 10.6 Å². The van der Waals surface area contributed by atoms with Gasteiger partial charge < -0.3 is 46.3 Å². The van der Waals surface area contributed by atoms with Crippen LogP contribution in [0.4, 0.5) is 0 Å². The number of allylic oxidation sites excluding steroid dienone is 1. The van der Waals surface area contributed by atoms with Crippen LogP contribution in [0.1, 0.15) is 26.7 Å². The minimum absolute atomic E-state index is 0.0955. The van der Waals surface area contributed by atoms with Gasteiger partial charge >= 0.3 is 0 Å². The molecule has 11 heteroatoms. The molecule has 1 aliphatic heterocycles. The highest BCUT2D eigenvalue weighted by Gasteiger charge is 2.41. The van der Waals surface area contributed by atoms with Gasteiger partial charge in [-0.15, -0.1) is 0 Å². The van der Waals surface area contributed by atoms with Gasteiger partial charge in [-0.25, -0.2) is 0 Å². The summed E-state index contributed by atoms with van der Waals surface area (Å²) in [5.41, 5.74) is 4.86. The molecule has 0 spiro atoms. The number of nitrogens with two attached hydrogens (primary N) is 1. The highest BCUT2D eigenvalue weighted by molar-refractivity contribution is 5.96. The average molecular weight is 443 g/mol. The van der Waals surface area contributed by atoms with E-state index in [1.807, 2.05) is 0 Å². The number of rotatable bonds is 11. The first-order valence-electron chi connectivity index (χ1n) is 10.2. The van der Waals surface area contributed by atoms with Crippen molar-refractivity contribution in [2.75, 3.05) is 32.9 Å². The molecule has 0 bridgehead atoms. The van der Waals surface area contributed by atoms with E-state index < -0.39 is 48.4 Å². The standard InChI is InChI=1S/C20H33N3O8/c1-19(2)30-11-16(31-19)8-22-13-3-12(17(28)23-7-15(27)10-25)4-20(5-13,18(21)29)6-14(26)9-24/h3,5,14-16,22,24-27H,4,6-11H2,1-2H3,(H2,21,29)(H,23,28). The summed E-state index contributed by atoms with van der Waals surface area (Å²) in [4.78, 5) is 25.0. The molecule has 0 saturated carbocycles. The van der Waals surface area contributed by atoms with Crippen molar-refractivity contribution in [1.82, 2.24) is 10.6 Å². The lowest BCUT2D eigenvalue weighted by molar-refractivity contribution is -0.137. The summed E-state index contributed by atoms with van der Waals surface area (Å²) in [6.07, 6.45) is 0.236. The number of hydrogen-bond acceptors (Lipinski definition) is 9. The first-order valence-corrected chi connectivity index (χ1v) is 10.2. The molecule has 31 heavy (non-hydrogen) atoms. The van der Waals surface area contributed by atoms with Crippen molar-refractivity contribution in [3.63, 3.8) is 0 Å². The van der Waals surface area contributed by atoms with Crippen molar-refractivity contribution in [1.29, 1.82) is 0 Å². The Bertz CT molecular complexity index is 723. The maximum absolute atomic E-state index is 12.6. The zero-order chi connectivity index (χ0) is 23.2. The number of hydrogen-bond donors (Lipinski definition) is 7. The lowest BCUT2D eigenvalue weighted by Crippen LogP contribution is -2.44. The number of nitrogens with one attached hydrogen (secondary N) is 2. The first-order chi connectivity index (χ1) is 14.5. The van der Waals surface area contributed by atoms with Crippen LogP contribution < -0.4 is 16.4 Å². The zero-order valence-corrected chi connectivity index (χ0v) is 17.8. The van der Waals surface area contributed by atoms with Crippen molar-refractivity contribution < 1.29 is 39.5 Å². The van der Waals surface area contributed by atoms with Crippen LogP contribution in [0.15, 0.2) is 23.4 Å². The molecule has 2 rings (SSSR count). The highest BCUT2D eigenvalue weighted by Crippen LogP contribution is 2.38. The number of ether oxygens (including phenoxy) is 2. The summed E-state index contributed by atoms with van der Waals surface area (Å²) in [7, 11) is 0. The summed E-state index contributed by atoms with van der Waals surface area (Å²) >= 11 is 0. The van der Waals surface area contributed by atoms with Crippen molar-refractivity contribution in [2.24, 2.45) is 11.1 Å². The molecule has 8 N–H and O–H groups in total. The Labute approximate surface area is 180 Å². The van der Waals surface area contributed by atoms with Crippen LogP contribution >= 0.6 is 0 Å². The number of aliphatic hydroxyl groups excluding tert-OH is 4. The Hall–Kier alpha value is -2.02. The molecule has 1 saturated heterocycles. The Morgan fingerprint density at radius 3 is 2.48 bits per heavy atom. The third kappa shape index (κ3) is 6.99. The van der Waals surface area contributed by atoms with Gasteiger partial charge in [-0.2, -0.15) is 0 Å². The van der Waals surface area contributed by atoms with Crippen LogP contribution in [0.25, 0.3) is 0 Å². The van der Waals surface area contributed by atoms with Crippen LogP contribution in [0, 0.1) is 5.41 Å². The van der Waals surface area contributed by atoms with Gasteiger partial charge in [0.1, 0.15) is 6.10 Å². The molecule has 0 radical (unpaired) electrons. The van der Waals surface area contributed by atoms with E-state index in [9.17, 15) is 24.9 Å². The van der Waals surface area contributed by atoms with Gasteiger partial charge in [-0.05, 0) is 38.8 Å². The minimum atomic E-state index is -1.41. The molecule has 1 aliphatic carbocycles. The number of carbonyl (C=O) groups is 2. The molecule has 176 valence electrons. The molecule has 1 fully saturated rings. The third-order valence-electron chi connectivity index (χ3n) is 5.17. The highest BCUT2D eigenvalue weighted by atomic mass is 16.7. The largest absolute Gasteiger partial charge is 0.394 e. The average Bonchev–Trinajstić information content (AvgIpc) is 3.08. The van der Waals surface area contributed by atoms with Gasteiger partial charge in [0.05, 0.1) is 37.4 Å². The SMILES string of the molecule is CC1(C)OCC(CNC2=CC(CC(O)CO)(C(N)=O)CC(C(=O)NCC(O)CO)=C2)O1. The molecular formula is C20H33N3O8. The van der Waals surface area contributed by atoms with E-state index in [1.54, 1.807) is 26.0 Å². The summed E-state index contributed by atoms with van der Waals surface area (Å²) in [5.74, 6) is -2.01. The summed E-state index contributed by atoms with van der Waals surface area (Å²) in [6, 6.07) is 0. The second-order valence-corrected chi connectivity index (χ2v) is 8.38. The predicted molar refractivity (Wildman–Crippen MR) is 109 cm³/mol. The molecular weight excluding hydrogens is 410 g/mol. The van der Waals surface area contributed by atoms with E-state index in [4.69, 9.17) is 20.3 Å². The number of carbonyl (C=O) groups excluding carboxylic acids is 2. The van der Waals surface area contributed by atoms with Crippen LogP contribution in [-0.4, -0.2) is 89.2 Å². The van der Waals surface area contributed by atoms with Crippen molar-refractivity contribution in [2.45, 2.75) is 50.8 Å². The van der Waals surface area contributed by atoms with E-state index in [1.165, 1.54) is 0 Å². The number of amides is 2. The quantitative estimate of drug-likeness (QED) is 0.183. The fourth-order valence-corrected chi connectivity index (χ4v) is 3.58. The zero-order valence-electron chi connectivity index (χ0n) is 17.8. The van der Waals surface area contributed by atoms with Crippen LogP contribution in [0.3, 0.4) is 0 Å². The predicted octanol–water partition coefficient (Wildman–Crippen LogP) is -2.37. The molecule has 0 aromatic rings. The Kier molecular flexibility index (Phi) is 8.57. The van der Waals surface area contributed by atoms with Gasteiger partial charge in [-0.1, -0.05) is 0 Å². The van der Waals surface area contributed by atoms with Crippen molar-refractivity contribution in [3.8, 4) is 0 Å². The fraction of sp³-hybridized carbons (Fsp3) is 0.700. The summed E-state index contributed by atoms with van der Waals surface area (Å²) < 4.78 is 11.3. The molecule has 4 atom stereocenters. The van der Waals surface area contributed by atoms with Crippen LogP contribution in [-0.2, 0) is 19.1 Å². The number of aliphatic hydroxyl groups is 4. The lowest BCUT2D eigenvalue weighted by atomic mass is 9.72. The molecule has 0 aromatic carbocycles. The second kappa shape index (κ2) is 10.5. The smallest absolute Gasteiger partial charge is 0.247 e. The summed E-state index contributed by atoms with van der Waals surface area (Å²) in [5, 5.41) is 43.3. The molecule has 1 heterocycles. The fourth-order valence-electron chi connectivity index (χ4n) is 3.58. The van der Waals surface area contributed by atoms with Crippen LogP contribution in [0.2, 0.25) is 0 Å². The van der Waals surface area contributed by atoms with E-state index >= 15 is 0 Å². The van der Waals surface area contributed by atoms with Gasteiger partial charge in [0, 0.05) is 24.4 Å². The normalized spacial score (nSPS) is 27.1. The summed E-state index contributed by atoms with van der Waals surface area (Å²) in [6.45, 7) is 3.04. The third-order valence-corrected chi connectivity index (χ3v) is 5.17. The first kappa shape index (κ1) is 25.2. The molecule has 4 unspecified atom stereocenters. The number of primary amides is 1. The lowest BCUT2D eigenvalue weighted by Gasteiger charge is -2.34. The maximum atomic E-state index is 12.6. The molecule has 0 aromatic heterocycles. The topological polar surface area (TPSA) is 184 Å². The second-order valence-electron chi connectivity index (χ2n) is 8.38. The Balaban J connectivity index is 2.23. The van der Waals surface area contributed by atoms with Gasteiger partial charge in [0.25, 0.3) is 0 Å². The molecule has 2 amide bonds. The van der Waals surface area contributed by atoms with E-state index in [0.717, 1.165) is 0 Å². The van der Waals surface area contributed by atoms with Gasteiger partial charge in [0.15, 0.2) is 5.79 Å². The molecule has 2 aliphatic rings. The van der Waals surface area contributed by atoms with E-state index in [0.29, 0.717) is 18.8 Å². The van der Waals surface area contributed by atoms with Gasteiger partial charge in [0.2, 0.25) is 11.8 Å². The Morgan fingerprint density at radius 1 is 1.26 bits per heavy atom. The Morgan fingerprint density at radius 2 is 1.94 bits per heavy atom.